The molecule has 0 bridgehead atoms. The van der Waals surface area contributed by atoms with Crippen LogP contribution in [0.5, 0.6) is 0 Å². The maximum absolute atomic E-state index is 12.4. The first-order valence-electron chi connectivity index (χ1n) is 5.77. The summed E-state index contributed by atoms with van der Waals surface area (Å²) in [6.07, 6.45) is 2.40. The van der Waals surface area contributed by atoms with Gasteiger partial charge in [0.15, 0.2) is 0 Å². The first-order valence-corrected chi connectivity index (χ1v) is 8.64. The van der Waals surface area contributed by atoms with Crippen LogP contribution in [0.1, 0.15) is 13.3 Å². The molecule has 1 aromatic heterocycles. The van der Waals surface area contributed by atoms with Crippen molar-refractivity contribution in [2.24, 2.45) is 0 Å². The smallest absolute Gasteiger partial charge is 0.243 e. The number of rotatable bonds is 3. The molecule has 2 heterocycles. The van der Waals surface area contributed by atoms with Gasteiger partial charge in [0.1, 0.15) is 5.15 Å². The summed E-state index contributed by atoms with van der Waals surface area (Å²) in [5.41, 5.74) is 0. The maximum atomic E-state index is 12.4. The van der Waals surface area contributed by atoms with Gasteiger partial charge in [-0.25, -0.2) is 13.4 Å². The van der Waals surface area contributed by atoms with Gasteiger partial charge in [-0.3, -0.25) is 0 Å². The van der Waals surface area contributed by atoms with E-state index in [0.29, 0.717) is 18.3 Å². The normalized spacial score (nSPS) is 22.0. The second-order valence-electron chi connectivity index (χ2n) is 4.08. The average Bonchev–Trinajstić information content (AvgIpc) is 2.39. The van der Waals surface area contributed by atoms with Crippen molar-refractivity contribution in [3.8, 4) is 0 Å². The van der Waals surface area contributed by atoms with E-state index in [1.807, 2.05) is 11.8 Å². The lowest BCUT2D eigenvalue weighted by Crippen LogP contribution is -2.41. The van der Waals surface area contributed by atoms with Gasteiger partial charge >= 0.3 is 0 Å². The second kappa shape index (κ2) is 5.77. The third-order valence-corrected chi connectivity index (χ3v) is 6.33. The summed E-state index contributed by atoms with van der Waals surface area (Å²) in [6, 6.07) is 2.89. The zero-order valence-corrected chi connectivity index (χ0v) is 12.4. The SMILES string of the molecule is CCC1CN(S(=O)(=O)c2ccnc(Cl)c2)CCS1. The van der Waals surface area contributed by atoms with Gasteiger partial charge in [0.2, 0.25) is 10.0 Å². The molecule has 1 saturated heterocycles. The van der Waals surface area contributed by atoms with Crippen molar-refractivity contribution in [3.05, 3.63) is 23.5 Å². The summed E-state index contributed by atoms with van der Waals surface area (Å²) in [7, 11) is -3.43. The topological polar surface area (TPSA) is 50.3 Å². The van der Waals surface area contributed by atoms with Crippen molar-refractivity contribution in [2.45, 2.75) is 23.5 Å². The standard InChI is InChI=1S/C11H15ClN2O2S2/c1-2-9-8-14(5-6-17-9)18(15,16)10-3-4-13-11(12)7-10/h3-4,7,9H,2,5-6,8H2,1H3. The lowest BCUT2D eigenvalue weighted by atomic mass is 10.3. The highest BCUT2D eigenvalue weighted by Gasteiger charge is 2.30. The maximum Gasteiger partial charge on any atom is 0.243 e. The summed E-state index contributed by atoms with van der Waals surface area (Å²) in [5.74, 6) is 0.844. The first kappa shape index (κ1) is 14.1. The van der Waals surface area contributed by atoms with Gasteiger partial charge in [0, 0.05) is 30.3 Å². The van der Waals surface area contributed by atoms with E-state index >= 15 is 0 Å². The number of halogens is 1. The van der Waals surface area contributed by atoms with Crippen LogP contribution in [-0.2, 0) is 10.0 Å². The molecule has 1 atom stereocenters. The minimum atomic E-state index is -3.43. The van der Waals surface area contributed by atoms with Crippen LogP contribution in [0.25, 0.3) is 0 Å². The fourth-order valence-electron chi connectivity index (χ4n) is 1.85. The van der Waals surface area contributed by atoms with Gasteiger partial charge in [-0.2, -0.15) is 16.1 Å². The quantitative estimate of drug-likeness (QED) is 0.804. The third kappa shape index (κ3) is 2.99. The predicted molar refractivity (Wildman–Crippen MR) is 74.5 cm³/mol. The summed E-state index contributed by atoms with van der Waals surface area (Å²) in [6.45, 7) is 3.21. The molecule has 1 aliphatic heterocycles. The van der Waals surface area contributed by atoms with Crippen molar-refractivity contribution < 1.29 is 8.42 Å². The Morgan fingerprint density at radius 3 is 3.06 bits per heavy atom. The van der Waals surface area contributed by atoms with Crippen molar-refractivity contribution >= 4 is 33.4 Å². The first-order chi connectivity index (χ1) is 8.54. The molecule has 1 fully saturated rings. The molecule has 18 heavy (non-hydrogen) atoms. The van der Waals surface area contributed by atoms with E-state index in [2.05, 4.69) is 11.9 Å². The fourth-order valence-corrected chi connectivity index (χ4v) is 4.98. The van der Waals surface area contributed by atoms with Crippen LogP contribution in [-0.4, -0.2) is 41.8 Å². The van der Waals surface area contributed by atoms with Crippen LogP contribution in [0, 0.1) is 0 Å². The average molecular weight is 307 g/mol. The molecule has 0 saturated carbocycles. The molecule has 0 radical (unpaired) electrons. The van der Waals surface area contributed by atoms with Crippen molar-refractivity contribution in [2.75, 3.05) is 18.8 Å². The molecule has 0 aromatic carbocycles. The Morgan fingerprint density at radius 2 is 2.39 bits per heavy atom. The molecule has 0 spiro atoms. The lowest BCUT2D eigenvalue weighted by molar-refractivity contribution is 0.416. The Morgan fingerprint density at radius 1 is 1.61 bits per heavy atom. The molecule has 1 unspecified atom stereocenters. The Bertz CT molecular complexity index is 522. The molecule has 1 aliphatic rings. The number of hydrogen-bond acceptors (Lipinski definition) is 4. The molecule has 0 amide bonds. The Labute approximate surface area is 117 Å². The summed E-state index contributed by atoms with van der Waals surface area (Å²) >= 11 is 7.58. The number of thioether (sulfide) groups is 1. The molecule has 4 nitrogen and oxygen atoms in total. The van der Waals surface area contributed by atoms with Crippen LogP contribution >= 0.6 is 23.4 Å². The van der Waals surface area contributed by atoms with Crippen molar-refractivity contribution in [3.63, 3.8) is 0 Å². The van der Waals surface area contributed by atoms with Crippen molar-refractivity contribution in [1.82, 2.24) is 9.29 Å². The van der Waals surface area contributed by atoms with E-state index in [1.165, 1.54) is 18.3 Å². The third-order valence-electron chi connectivity index (χ3n) is 2.89. The van der Waals surface area contributed by atoms with Gasteiger partial charge in [-0.15, -0.1) is 0 Å². The van der Waals surface area contributed by atoms with E-state index < -0.39 is 10.0 Å². The van der Waals surface area contributed by atoms with Gasteiger partial charge in [0.05, 0.1) is 4.90 Å². The van der Waals surface area contributed by atoms with Gasteiger partial charge in [-0.05, 0) is 18.6 Å². The number of pyridine rings is 1. The van der Waals surface area contributed by atoms with E-state index in [-0.39, 0.29) is 10.0 Å². The monoisotopic (exact) mass is 306 g/mol. The number of hydrogen-bond donors (Lipinski definition) is 0. The minimum Gasteiger partial charge on any atom is -0.244 e. The van der Waals surface area contributed by atoms with E-state index in [9.17, 15) is 8.42 Å². The van der Waals surface area contributed by atoms with Crippen LogP contribution in [0.3, 0.4) is 0 Å². The molecule has 2 rings (SSSR count). The molecule has 7 heteroatoms. The zero-order chi connectivity index (χ0) is 13.2. The highest BCUT2D eigenvalue weighted by atomic mass is 35.5. The van der Waals surface area contributed by atoms with E-state index in [0.717, 1.165) is 12.2 Å². The van der Waals surface area contributed by atoms with Gasteiger partial charge in [-0.1, -0.05) is 18.5 Å². The highest BCUT2D eigenvalue weighted by Crippen LogP contribution is 2.26. The van der Waals surface area contributed by atoms with Gasteiger partial charge < -0.3 is 0 Å². The molecule has 0 N–H and O–H groups in total. The summed E-state index contributed by atoms with van der Waals surface area (Å²) in [4.78, 5) is 4.03. The molecule has 0 aliphatic carbocycles. The van der Waals surface area contributed by atoms with E-state index in [4.69, 9.17) is 11.6 Å². The predicted octanol–water partition coefficient (Wildman–Crippen LogP) is 2.25. The minimum absolute atomic E-state index is 0.203. The van der Waals surface area contributed by atoms with Gasteiger partial charge in [0.25, 0.3) is 0 Å². The molecule has 1 aromatic rings. The summed E-state index contributed by atoms with van der Waals surface area (Å²) < 4.78 is 26.4. The van der Waals surface area contributed by atoms with E-state index in [1.54, 1.807) is 4.31 Å². The van der Waals surface area contributed by atoms with Crippen LogP contribution < -0.4 is 0 Å². The number of sulfonamides is 1. The van der Waals surface area contributed by atoms with Crippen LogP contribution in [0.2, 0.25) is 5.15 Å². The highest BCUT2D eigenvalue weighted by molar-refractivity contribution is 8.00. The summed E-state index contributed by atoms with van der Waals surface area (Å²) in [5, 5.41) is 0.584. The largest absolute Gasteiger partial charge is 0.244 e. The Hall–Kier alpha value is -0.300. The van der Waals surface area contributed by atoms with Crippen LogP contribution in [0.15, 0.2) is 23.2 Å². The molecule has 100 valence electrons. The number of nitrogens with zero attached hydrogens (tertiary/aromatic N) is 2. The number of aromatic nitrogens is 1. The van der Waals surface area contributed by atoms with Crippen molar-refractivity contribution in [1.29, 1.82) is 0 Å². The second-order valence-corrected chi connectivity index (χ2v) is 7.81. The molecular weight excluding hydrogens is 292 g/mol. The molecular formula is C11H15ClN2O2S2. The Kier molecular flexibility index (Phi) is 4.53. The Balaban J connectivity index is 2.25. The fraction of sp³-hybridized carbons (Fsp3) is 0.545. The lowest BCUT2D eigenvalue weighted by Gasteiger charge is -2.31. The zero-order valence-electron chi connectivity index (χ0n) is 10.0. The van der Waals surface area contributed by atoms with Crippen LogP contribution in [0.4, 0.5) is 0 Å².